The molecule has 0 aliphatic carbocycles. The number of aromatic nitrogens is 3. The van der Waals surface area contributed by atoms with Crippen LogP contribution in [0.2, 0.25) is 0 Å². The Morgan fingerprint density at radius 1 is 1.39 bits per heavy atom. The Hall–Kier alpha value is -1.29. The summed E-state index contributed by atoms with van der Waals surface area (Å²) in [7, 11) is 0. The van der Waals surface area contributed by atoms with Crippen molar-refractivity contribution in [3.63, 3.8) is 0 Å². The van der Waals surface area contributed by atoms with Crippen LogP contribution in [0.25, 0.3) is 5.52 Å². The van der Waals surface area contributed by atoms with Crippen LogP contribution in [0.4, 0.5) is 5.82 Å². The van der Waals surface area contributed by atoms with Gasteiger partial charge < -0.3 is 5.32 Å². The maximum absolute atomic E-state index is 5.75. The zero-order valence-corrected chi connectivity index (χ0v) is 11.8. The van der Waals surface area contributed by atoms with Crippen LogP contribution in [0.15, 0.2) is 18.5 Å². The van der Waals surface area contributed by atoms with Crippen molar-refractivity contribution in [2.24, 2.45) is 0 Å². The minimum absolute atomic E-state index is 0.304. The van der Waals surface area contributed by atoms with E-state index in [-0.39, 0.29) is 0 Å². The van der Waals surface area contributed by atoms with E-state index in [0.717, 1.165) is 23.4 Å². The Morgan fingerprint density at radius 2 is 2.17 bits per heavy atom. The van der Waals surface area contributed by atoms with Crippen LogP contribution >= 0.6 is 11.6 Å². The van der Waals surface area contributed by atoms with Gasteiger partial charge in [-0.1, -0.05) is 13.8 Å². The zero-order valence-electron chi connectivity index (χ0n) is 11.0. The number of rotatable bonds is 5. The van der Waals surface area contributed by atoms with E-state index in [1.165, 1.54) is 0 Å². The van der Waals surface area contributed by atoms with Gasteiger partial charge in [0.25, 0.3) is 0 Å². The molecule has 18 heavy (non-hydrogen) atoms. The molecule has 2 heterocycles. The summed E-state index contributed by atoms with van der Waals surface area (Å²) in [6, 6.07) is 2.39. The molecular formula is C13H19ClN4. The van der Waals surface area contributed by atoms with Crippen LogP contribution in [-0.2, 0) is 0 Å². The van der Waals surface area contributed by atoms with Crippen molar-refractivity contribution in [1.29, 1.82) is 0 Å². The van der Waals surface area contributed by atoms with E-state index in [0.29, 0.717) is 17.8 Å². The Labute approximate surface area is 112 Å². The highest BCUT2D eigenvalue weighted by Gasteiger charge is 2.11. The molecule has 2 aromatic heterocycles. The van der Waals surface area contributed by atoms with Gasteiger partial charge in [0.1, 0.15) is 5.52 Å². The van der Waals surface area contributed by atoms with Gasteiger partial charge in [-0.05, 0) is 25.3 Å². The lowest BCUT2D eigenvalue weighted by Crippen LogP contribution is -2.17. The molecule has 0 spiro atoms. The van der Waals surface area contributed by atoms with Crippen LogP contribution < -0.4 is 5.32 Å². The first-order chi connectivity index (χ1) is 8.61. The highest BCUT2D eigenvalue weighted by molar-refractivity contribution is 6.17. The first-order valence-corrected chi connectivity index (χ1v) is 6.82. The molecule has 2 aromatic rings. The minimum atomic E-state index is 0.304. The van der Waals surface area contributed by atoms with Crippen molar-refractivity contribution in [2.45, 2.75) is 39.2 Å². The molecule has 0 radical (unpaired) electrons. The molecule has 0 saturated carbocycles. The normalized spacial score (nSPS) is 13.2. The van der Waals surface area contributed by atoms with E-state index in [4.69, 9.17) is 11.6 Å². The summed E-state index contributed by atoms with van der Waals surface area (Å²) >= 11 is 5.75. The first kappa shape index (κ1) is 13.1. The molecule has 2 rings (SSSR count). The second-order valence-electron chi connectivity index (χ2n) is 4.85. The Bertz CT molecular complexity index is 521. The molecule has 0 saturated heterocycles. The Morgan fingerprint density at radius 3 is 2.83 bits per heavy atom. The van der Waals surface area contributed by atoms with Crippen molar-refractivity contribution in [1.82, 2.24) is 14.6 Å². The number of anilines is 1. The van der Waals surface area contributed by atoms with Crippen LogP contribution in [0.5, 0.6) is 0 Å². The number of nitrogens with zero attached hydrogens (tertiary/aromatic N) is 3. The van der Waals surface area contributed by atoms with E-state index < -0.39 is 0 Å². The zero-order chi connectivity index (χ0) is 13.1. The van der Waals surface area contributed by atoms with Gasteiger partial charge in [-0.15, -0.1) is 11.6 Å². The maximum atomic E-state index is 5.75. The van der Waals surface area contributed by atoms with E-state index in [1.54, 1.807) is 6.20 Å². The van der Waals surface area contributed by atoms with Gasteiger partial charge >= 0.3 is 0 Å². The molecule has 0 aliphatic heterocycles. The van der Waals surface area contributed by atoms with Gasteiger partial charge in [-0.25, -0.2) is 9.50 Å². The van der Waals surface area contributed by atoms with Gasteiger partial charge in [0.15, 0.2) is 5.82 Å². The lowest BCUT2D eigenvalue weighted by molar-refractivity contribution is 0.761. The molecule has 0 amide bonds. The second-order valence-corrected chi connectivity index (χ2v) is 5.23. The molecule has 4 nitrogen and oxygen atoms in total. The summed E-state index contributed by atoms with van der Waals surface area (Å²) in [5, 5.41) is 7.92. The predicted molar refractivity (Wildman–Crippen MR) is 75.5 cm³/mol. The van der Waals surface area contributed by atoms with Crippen molar-refractivity contribution in [3.8, 4) is 0 Å². The van der Waals surface area contributed by atoms with Crippen LogP contribution in [0.1, 0.15) is 38.8 Å². The van der Waals surface area contributed by atoms with Crippen molar-refractivity contribution >= 4 is 22.9 Å². The number of fused-ring (bicyclic) bond motifs is 1. The lowest BCUT2D eigenvalue weighted by atomic mass is 10.1. The van der Waals surface area contributed by atoms with E-state index in [2.05, 4.69) is 42.2 Å². The molecule has 0 fully saturated rings. The second kappa shape index (κ2) is 5.57. The molecule has 0 aliphatic rings. The lowest BCUT2D eigenvalue weighted by Gasteiger charge is -2.13. The van der Waals surface area contributed by atoms with Gasteiger partial charge in [-0.2, -0.15) is 5.10 Å². The van der Waals surface area contributed by atoms with Crippen LogP contribution in [0.3, 0.4) is 0 Å². The molecule has 0 aromatic carbocycles. The molecule has 1 atom stereocenters. The van der Waals surface area contributed by atoms with Crippen molar-refractivity contribution < 1.29 is 0 Å². The van der Waals surface area contributed by atoms with Crippen molar-refractivity contribution in [2.75, 3.05) is 11.2 Å². The smallest absolute Gasteiger partial charge is 0.152 e. The van der Waals surface area contributed by atoms with E-state index in [1.807, 2.05) is 10.7 Å². The van der Waals surface area contributed by atoms with Crippen molar-refractivity contribution in [3.05, 3.63) is 24.2 Å². The summed E-state index contributed by atoms with van der Waals surface area (Å²) in [6.45, 7) is 6.38. The van der Waals surface area contributed by atoms with Gasteiger partial charge in [0.2, 0.25) is 0 Å². The van der Waals surface area contributed by atoms with Gasteiger partial charge in [0.05, 0.1) is 5.69 Å². The predicted octanol–water partition coefficient (Wildman–Crippen LogP) is 3.28. The minimum Gasteiger partial charge on any atom is -0.366 e. The van der Waals surface area contributed by atoms with Gasteiger partial charge in [-0.3, -0.25) is 0 Å². The van der Waals surface area contributed by atoms with E-state index in [9.17, 15) is 0 Å². The average molecular weight is 267 g/mol. The SMILES string of the molecule is CC(CCCl)Nc1nccn2nc(C(C)C)cc12. The average Bonchev–Trinajstić information content (AvgIpc) is 2.74. The topological polar surface area (TPSA) is 42.2 Å². The van der Waals surface area contributed by atoms with Crippen LogP contribution in [0, 0.1) is 0 Å². The third-order valence-corrected chi connectivity index (χ3v) is 3.14. The number of nitrogens with one attached hydrogen (secondary N) is 1. The molecular weight excluding hydrogens is 248 g/mol. The highest BCUT2D eigenvalue weighted by Crippen LogP contribution is 2.20. The molecule has 5 heteroatoms. The summed E-state index contributed by atoms with van der Waals surface area (Å²) in [5.41, 5.74) is 2.10. The van der Waals surface area contributed by atoms with E-state index >= 15 is 0 Å². The third kappa shape index (κ3) is 2.75. The number of halogens is 1. The molecule has 98 valence electrons. The highest BCUT2D eigenvalue weighted by atomic mass is 35.5. The summed E-state index contributed by atoms with van der Waals surface area (Å²) in [6.07, 6.45) is 4.55. The fourth-order valence-electron chi connectivity index (χ4n) is 1.80. The molecule has 1 unspecified atom stereocenters. The number of hydrogen-bond donors (Lipinski definition) is 1. The Kier molecular flexibility index (Phi) is 4.07. The van der Waals surface area contributed by atoms with Crippen LogP contribution in [-0.4, -0.2) is 26.5 Å². The fraction of sp³-hybridized carbons (Fsp3) is 0.538. The number of alkyl halides is 1. The summed E-state index contributed by atoms with van der Waals surface area (Å²) in [4.78, 5) is 4.39. The first-order valence-electron chi connectivity index (χ1n) is 6.28. The summed E-state index contributed by atoms with van der Waals surface area (Å²) < 4.78 is 1.87. The molecule has 1 N–H and O–H groups in total. The maximum Gasteiger partial charge on any atom is 0.152 e. The quantitative estimate of drug-likeness (QED) is 0.845. The fourth-order valence-corrected chi connectivity index (χ4v) is 2.13. The monoisotopic (exact) mass is 266 g/mol. The van der Waals surface area contributed by atoms with Gasteiger partial charge in [0, 0.05) is 24.3 Å². The Balaban J connectivity index is 2.32. The summed E-state index contributed by atoms with van der Waals surface area (Å²) in [5.74, 6) is 1.93. The third-order valence-electron chi connectivity index (χ3n) is 2.93. The largest absolute Gasteiger partial charge is 0.366 e. The molecule has 0 bridgehead atoms. The number of hydrogen-bond acceptors (Lipinski definition) is 3. The standard InChI is InChI=1S/C13H19ClN4/c1-9(2)11-8-12-13(16-10(3)4-5-14)15-6-7-18(12)17-11/h6-10H,4-5H2,1-3H3,(H,15,16).